The zero-order valence-corrected chi connectivity index (χ0v) is 15.0. The smallest absolute Gasteiger partial charge is 0.237 e. The van der Waals surface area contributed by atoms with Gasteiger partial charge in [-0.3, -0.25) is 9.69 Å². The summed E-state index contributed by atoms with van der Waals surface area (Å²) in [6.07, 6.45) is 0.740. The Morgan fingerprint density at radius 3 is 2.88 bits per heavy atom. The Labute approximate surface area is 145 Å². The Balaban J connectivity index is 1.69. The van der Waals surface area contributed by atoms with Crippen molar-refractivity contribution < 1.29 is 9.21 Å². The summed E-state index contributed by atoms with van der Waals surface area (Å²) in [5.74, 6) is 1.84. The summed E-state index contributed by atoms with van der Waals surface area (Å²) in [5.41, 5.74) is 0. The van der Waals surface area contributed by atoms with Gasteiger partial charge in [0.05, 0.1) is 12.6 Å². The predicted molar refractivity (Wildman–Crippen MR) is 93.0 cm³/mol. The molecule has 8 heteroatoms. The molecule has 130 valence electrons. The van der Waals surface area contributed by atoms with E-state index in [4.69, 9.17) is 4.42 Å². The van der Waals surface area contributed by atoms with Crippen LogP contribution in [0.4, 0.5) is 5.13 Å². The summed E-state index contributed by atoms with van der Waals surface area (Å²) in [6.45, 7) is 7.82. The minimum absolute atomic E-state index is 0.0681. The van der Waals surface area contributed by atoms with E-state index in [2.05, 4.69) is 25.7 Å². The number of carbonyl (C=O) groups excluding carboxylic acids is 1. The lowest BCUT2D eigenvalue weighted by molar-refractivity contribution is -0.125. The number of nitrogens with zero attached hydrogens (tertiary/aromatic N) is 3. The molecule has 7 nitrogen and oxygen atoms in total. The first-order valence-corrected chi connectivity index (χ1v) is 9.00. The van der Waals surface area contributed by atoms with Crippen molar-refractivity contribution in [3.8, 4) is 0 Å². The van der Waals surface area contributed by atoms with Crippen LogP contribution in [0, 0.1) is 13.8 Å². The van der Waals surface area contributed by atoms with Gasteiger partial charge in [0.1, 0.15) is 16.5 Å². The van der Waals surface area contributed by atoms with Crippen molar-refractivity contribution in [3.63, 3.8) is 0 Å². The molecule has 2 aromatic rings. The number of nitrogens with one attached hydrogen (secondary N) is 2. The van der Waals surface area contributed by atoms with E-state index in [1.807, 2.05) is 32.9 Å². The SMILES string of the molecule is CCNC(=O)[C@@H]1C[C@H](Nc2nnc(C)s2)CN1Cc1ccc(C)o1. The molecule has 0 radical (unpaired) electrons. The molecule has 2 aromatic heterocycles. The molecule has 1 fully saturated rings. The molecule has 0 saturated carbocycles. The molecule has 2 N–H and O–H groups in total. The summed E-state index contributed by atoms with van der Waals surface area (Å²) < 4.78 is 5.68. The maximum Gasteiger partial charge on any atom is 0.237 e. The van der Waals surface area contributed by atoms with Gasteiger partial charge < -0.3 is 15.1 Å². The monoisotopic (exact) mass is 349 g/mol. The Morgan fingerprint density at radius 1 is 1.42 bits per heavy atom. The molecule has 1 aliphatic rings. The first-order valence-electron chi connectivity index (χ1n) is 8.19. The van der Waals surface area contributed by atoms with Gasteiger partial charge >= 0.3 is 0 Å². The van der Waals surface area contributed by atoms with Gasteiger partial charge in [0.25, 0.3) is 0 Å². The van der Waals surface area contributed by atoms with E-state index < -0.39 is 0 Å². The van der Waals surface area contributed by atoms with Crippen molar-refractivity contribution >= 4 is 22.4 Å². The summed E-state index contributed by atoms with van der Waals surface area (Å²) >= 11 is 1.53. The number of furan rings is 1. The van der Waals surface area contributed by atoms with E-state index >= 15 is 0 Å². The maximum absolute atomic E-state index is 12.4. The summed E-state index contributed by atoms with van der Waals surface area (Å²) in [4.78, 5) is 14.6. The number of likely N-dealkylation sites (N-methyl/N-ethyl adjacent to an activating group) is 1. The van der Waals surface area contributed by atoms with Gasteiger partial charge in [-0.2, -0.15) is 0 Å². The Hall–Kier alpha value is -1.93. The van der Waals surface area contributed by atoms with E-state index in [0.29, 0.717) is 13.1 Å². The molecule has 0 aliphatic carbocycles. The van der Waals surface area contributed by atoms with Crippen molar-refractivity contribution in [1.82, 2.24) is 20.4 Å². The van der Waals surface area contributed by atoms with Gasteiger partial charge in [-0.15, -0.1) is 10.2 Å². The van der Waals surface area contributed by atoms with E-state index in [0.717, 1.165) is 34.6 Å². The lowest BCUT2D eigenvalue weighted by Crippen LogP contribution is -2.42. The number of hydrogen-bond acceptors (Lipinski definition) is 7. The second-order valence-corrected chi connectivity index (χ2v) is 7.24. The second kappa shape index (κ2) is 7.31. The molecule has 24 heavy (non-hydrogen) atoms. The van der Waals surface area contributed by atoms with Gasteiger partial charge in [-0.25, -0.2) is 0 Å². The number of carbonyl (C=O) groups is 1. The quantitative estimate of drug-likeness (QED) is 0.829. The van der Waals surface area contributed by atoms with Crippen LogP contribution in [0.2, 0.25) is 0 Å². The number of aromatic nitrogens is 2. The van der Waals surface area contributed by atoms with Gasteiger partial charge in [0.2, 0.25) is 11.0 Å². The van der Waals surface area contributed by atoms with Crippen molar-refractivity contribution in [2.75, 3.05) is 18.4 Å². The molecule has 0 unspecified atom stereocenters. The number of anilines is 1. The molecular formula is C16H23N5O2S. The van der Waals surface area contributed by atoms with Crippen LogP contribution in [-0.2, 0) is 11.3 Å². The zero-order valence-electron chi connectivity index (χ0n) is 14.2. The average molecular weight is 349 g/mol. The molecule has 1 aliphatic heterocycles. The molecule has 1 amide bonds. The molecular weight excluding hydrogens is 326 g/mol. The van der Waals surface area contributed by atoms with Crippen LogP contribution in [0.1, 0.15) is 29.9 Å². The fourth-order valence-electron chi connectivity index (χ4n) is 3.05. The lowest BCUT2D eigenvalue weighted by Gasteiger charge is -2.22. The first-order chi connectivity index (χ1) is 11.5. The highest BCUT2D eigenvalue weighted by Crippen LogP contribution is 2.25. The summed E-state index contributed by atoms with van der Waals surface area (Å²) in [7, 11) is 0. The number of rotatable bonds is 6. The fraction of sp³-hybridized carbons (Fsp3) is 0.562. The highest BCUT2D eigenvalue weighted by atomic mass is 32.1. The maximum atomic E-state index is 12.4. The van der Waals surface area contributed by atoms with E-state index in [1.165, 1.54) is 11.3 Å². The molecule has 0 aromatic carbocycles. The highest BCUT2D eigenvalue weighted by molar-refractivity contribution is 7.15. The normalized spacial score (nSPS) is 21.1. The number of aryl methyl sites for hydroxylation is 2. The van der Waals surface area contributed by atoms with Gasteiger partial charge in [-0.1, -0.05) is 11.3 Å². The summed E-state index contributed by atoms with van der Waals surface area (Å²) in [5, 5.41) is 16.2. The van der Waals surface area contributed by atoms with Gasteiger partial charge in [0, 0.05) is 19.1 Å². The van der Waals surface area contributed by atoms with Crippen LogP contribution in [0.25, 0.3) is 0 Å². The standard InChI is InChI=1S/C16H23N5O2S/c1-4-17-15(22)14-7-12(18-16-20-19-11(3)24-16)8-21(14)9-13-6-5-10(2)23-13/h5-6,12,14H,4,7-9H2,1-3H3,(H,17,22)(H,18,20)/t12-,14-/m0/s1. The van der Waals surface area contributed by atoms with Gasteiger partial charge in [-0.05, 0) is 39.3 Å². The molecule has 0 bridgehead atoms. The molecule has 1 saturated heterocycles. The third-order valence-corrected chi connectivity index (χ3v) is 4.84. The van der Waals surface area contributed by atoms with Crippen LogP contribution < -0.4 is 10.6 Å². The van der Waals surface area contributed by atoms with E-state index in [9.17, 15) is 4.79 Å². The summed E-state index contributed by atoms with van der Waals surface area (Å²) in [6, 6.07) is 3.92. The number of amides is 1. The largest absolute Gasteiger partial charge is 0.465 e. The Bertz CT molecular complexity index is 698. The van der Waals surface area contributed by atoms with Crippen molar-refractivity contribution in [1.29, 1.82) is 0 Å². The molecule has 0 spiro atoms. The average Bonchev–Trinajstić information content (AvgIpc) is 3.22. The van der Waals surface area contributed by atoms with Gasteiger partial charge in [0.15, 0.2) is 0 Å². The molecule has 3 rings (SSSR count). The minimum atomic E-state index is -0.165. The van der Waals surface area contributed by atoms with Crippen LogP contribution in [0.15, 0.2) is 16.5 Å². The topological polar surface area (TPSA) is 83.3 Å². The van der Waals surface area contributed by atoms with Crippen LogP contribution in [0.5, 0.6) is 0 Å². The number of hydrogen-bond donors (Lipinski definition) is 2. The van der Waals surface area contributed by atoms with Crippen LogP contribution in [-0.4, -0.2) is 46.2 Å². The van der Waals surface area contributed by atoms with Crippen LogP contribution >= 0.6 is 11.3 Å². The first kappa shape index (κ1) is 16.9. The fourth-order valence-corrected chi connectivity index (χ4v) is 3.72. The van der Waals surface area contributed by atoms with Crippen molar-refractivity contribution in [3.05, 3.63) is 28.7 Å². The van der Waals surface area contributed by atoms with Crippen molar-refractivity contribution in [2.45, 2.75) is 45.8 Å². The van der Waals surface area contributed by atoms with Crippen molar-refractivity contribution in [2.24, 2.45) is 0 Å². The third-order valence-electron chi connectivity index (χ3n) is 4.07. The lowest BCUT2D eigenvalue weighted by atomic mass is 10.1. The zero-order chi connectivity index (χ0) is 17.1. The molecule has 2 atom stereocenters. The van der Waals surface area contributed by atoms with E-state index in [-0.39, 0.29) is 18.0 Å². The Morgan fingerprint density at radius 2 is 2.25 bits per heavy atom. The molecule has 3 heterocycles. The minimum Gasteiger partial charge on any atom is -0.465 e. The Kier molecular flexibility index (Phi) is 5.15. The predicted octanol–water partition coefficient (Wildman–Crippen LogP) is 1.94. The van der Waals surface area contributed by atoms with E-state index in [1.54, 1.807) is 0 Å². The highest BCUT2D eigenvalue weighted by Gasteiger charge is 2.37. The number of likely N-dealkylation sites (tertiary alicyclic amines) is 1. The second-order valence-electron chi connectivity index (χ2n) is 6.06. The van der Waals surface area contributed by atoms with Crippen LogP contribution in [0.3, 0.4) is 0 Å². The third kappa shape index (κ3) is 3.93.